The summed E-state index contributed by atoms with van der Waals surface area (Å²) < 4.78 is 6.40. The molecule has 0 spiro atoms. The molecule has 2 aromatic carbocycles. The average Bonchev–Trinajstić information content (AvgIpc) is 2.47. The number of benzene rings is 2. The number of Topliss-reactive ketones (excluding diaryl/α,β-unsaturated/α-hetero) is 1. The molecule has 3 nitrogen and oxygen atoms in total. The van der Waals surface area contributed by atoms with Crippen LogP contribution >= 0.6 is 15.9 Å². The third kappa shape index (κ3) is 4.02. The molecule has 0 bridgehead atoms. The van der Waals surface area contributed by atoms with Crippen molar-refractivity contribution in [1.82, 2.24) is 0 Å². The summed E-state index contributed by atoms with van der Waals surface area (Å²) in [5, 5.41) is 8.69. The molecule has 2 aromatic rings. The quantitative estimate of drug-likeness (QED) is 0.785. The maximum Gasteiger partial charge on any atom is 0.188 e. The standard InChI is InChI=1S/C16H12BrNO2/c17-15-3-1-2-13(8-15)10-20-11-16(19)14-6-4-12(9-18)5-7-14/h1-8H,10-11H2. The first-order chi connectivity index (χ1) is 9.69. The van der Waals surface area contributed by atoms with E-state index in [-0.39, 0.29) is 12.4 Å². The van der Waals surface area contributed by atoms with Crippen LogP contribution in [0, 0.1) is 11.3 Å². The van der Waals surface area contributed by atoms with Crippen LogP contribution in [0.1, 0.15) is 21.5 Å². The van der Waals surface area contributed by atoms with Crippen molar-refractivity contribution >= 4 is 21.7 Å². The molecule has 0 fully saturated rings. The van der Waals surface area contributed by atoms with Crippen molar-refractivity contribution in [3.63, 3.8) is 0 Å². The Morgan fingerprint density at radius 3 is 2.60 bits per heavy atom. The first kappa shape index (κ1) is 14.4. The summed E-state index contributed by atoms with van der Waals surface area (Å²) in [7, 11) is 0. The topological polar surface area (TPSA) is 50.1 Å². The van der Waals surface area contributed by atoms with Crippen molar-refractivity contribution in [1.29, 1.82) is 5.26 Å². The normalized spacial score (nSPS) is 10.0. The second-order valence-corrected chi connectivity index (χ2v) is 5.15. The van der Waals surface area contributed by atoms with E-state index in [1.807, 2.05) is 30.3 Å². The minimum Gasteiger partial charge on any atom is -0.369 e. The largest absolute Gasteiger partial charge is 0.369 e. The number of hydrogen-bond donors (Lipinski definition) is 0. The van der Waals surface area contributed by atoms with Crippen molar-refractivity contribution in [2.75, 3.05) is 6.61 Å². The van der Waals surface area contributed by atoms with Gasteiger partial charge in [-0.2, -0.15) is 5.26 Å². The smallest absolute Gasteiger partial charge is 0.188 e. The van der Waals surface area contributed by atoms with Gasteiger partial charge in [0.15, 0.2) is 5.78 Å². The number of carbonyl (C=O) groups is 1. The molecule has 0 aromatic heterocycles. The van der Waals surface area contributed by atoms with Gasteiger partial charge in [0.2, 0.25) is 0 Å². The highest BCUT2D eigenvalue weighted by atomic mass is 79.9. The van der Waals surface area contributed by atoms with Gasteiger partial charge in [-0.3, -0.25) is 4.79 Å². The van der Waals surface area contributed by atoms with Gasteiger partial charge in [-0.05, 0) is 29.8 Å². The Labute approximate surface area is 125 Å². The van der Waals surface area contributed by atoms with E-state index in [2.05, 4.69) is 15.9 Å². The van der Waals surface area contributed by atoms with Gasteiger partial charge in [0.1, 0.15) is 6.61 Å². The molecule has 2 rings (SSSR count). The van der Waals surface area contributed by atoms with E-state index in [4.69, 9.17) is 10.00 Å². The Hall–Kier alpha value is -1.96. The van der Waals surface area contributed by atoms with Gasteiger partial charge in [-0.1, -0.05) is 40.2 Å². The van der Waals surface area contributed by atoms with Gasteiger partial charge in [0, 0.05) is 10.0 Å². The van der Waals surface area contributed by atoms with Gasteiger partial charge in [0.25, 0.3) is 0 Å². The number of rotatable bonds is 5. The van der Waals surface area contributed by atoms with Crippen LogP contribution in [0.5, 0.6) is 0 Å². The molecular weight excluding hydrogens is 318 g/mol. The van der Waals surface area contributed by atoms with Gasteiger partial charge >= 0.3 is 0 Å². The van der Waals surface area contributed by atoms with Crippen molar-refractivity contribution in [2.45, 2.75) is 6.61 Å². The number of ether oxygens (including phenoxy) is 1. The van der Waals surface area contributed by atoms with Crippen molar-refractivity contribution < 1.29 is 9.53 Å². The van der Waals surface area contributed by atoms with Gasteiger partial charge < -0.3 is 4.74 Å². The molecule has 0 heterocycles. The summed E-state index contributed by atoms with van der Waals surface area (Å²) in [5.41, 5.74) is 2.10. The first-order valence-corrected chi connectivity index (χ1v) is 6.84. The zero-order valence-electron chi connectivity index (χ0n) is 10.7. The molecular formula is C16H12BrNO2. The first-order valence-electron chi connectivity index (χ1n) is 6.04. The zero-order chi connectivity index (χ0) is 14.4. The summed E-state index contributed by atoms with van der Waals surface area (Å²) in [6.45, 7) is 0.417. The number of nitrogens with zero attached hydrogens (tertiary/aromatic N) is 1. The van der Waals surface area contributed by atoms with Crippen LogP contribution in [0.15, 0.2) is 53.0 Å². The van der Waals surface area contributed by atoms with E-state index >= 15 is 0 Å². The average molecular weight is 330 g/mol. The van der Waals surface area contributed by atoms with E-state index in [9.17, 15) is 4.79 Å². The Morgan fingerprint density at radius 1 is 1.20 bits per heavy atom. The predicted molar refractivity (Wildman–Crippen MR) is 79.3 cm³/mol. The molecule has 0 aliphatic carbocycles. The van der Waals surface area contributed by atoms with E-state index in [0.29, 0.717) is 17.7 Å². The highest BCUT2D eigenvalue weighted by Crippen LogP contribution is 2.12. The number of hydrogen-bond acceptors (Lipinski definition) is 3. The Balaban J connectivity index is 1.87. The second kappa shape index (κ2) is 6.99. The molecule has 4 heteroatoms. The lowest BCUT2D eigenvalue weighted by molar-refractivity contribution is 0.0726. The molecule has 0 saturated carbocycles. The fourth-order valence-corrected chi connectivity index (χ4v) is 2.15. The minimum atomic E-state index is -0.0931. The molecule has 20 heavy (non-hydrogen) atoms. The van der Waals surface area contributed by atoms with Crippen molar-refractivity contribution in [2.24, 2.45) is 0 Å². The highest BCUT2D eigenvalue weighted by molar-refractivity contribution is 9.10. The lowest BCUT2D eigenvalue weighted by Gasteiger charge is -2.04. The summed E-state index contributed by atoms with van der Waals surface area (Å²) >= 11 is 3.38. The minimum absolute atomic E-state index is 0.0262. The molecule has 0 saturated heterocycles. The lowest BCUT2D eigenvalue weighted by atomic mass is 10.1. The highest BCUT2D eigenvalue weighted by Gasteiger charge is 2.06. The van der Waals surface area contributed by atoms with Crippen LogP contribution in [0.25, 0.3) is 0 Å². The number of halogens is 1. The fraction of sp³-hybridized carbons (Fsp3) is 0.125. The maximum atomic E-state index is 11.9. The predicted octanol–water partition coefficient (Wildman–Crippen LogP) is 3.72. The van der Waals surface area contributed by atoms with Crippen molar-refractivity contribution in [3.05, 3.63) is 69.7 Å². The number of carbonyl (C=O) groups excluding carboxylic acids is 1. The Kier molecular flexibility index (Phi) is 5.05. The molecule has 0 amide bonds. The van der Waals surface area contributed by atoms with E-state index in [1.54, 1.807) is 24.3 Å². The van der Waals surface area contributed by atoms with E-state index in [1.165, 1.54) is 0 Å². The van der Waals surface area contributed by atoms with Gasteiger partial charge in [0.05, 0.1) is 18.2 Å². The molecule has 0 N–H and O–H groups in total. The molecule has 0 aliphatic heterocycles. The molecule has 0 aliphatic rings. The van der Waals surface area contributed by atoms with Gasteiger partial charge in [-0.15, -0.1) is 0 Å². The van der Waals surface area contributed by atoms with Crippen LogP contribution in [-0.2, 0) is 11.3 Å². The second-order valence-electron chi connectivity index (χ2n) is 4.24. The monoisotopic (exact) mass is 329 g/mol. The molecule has 100 valence electrons. The molecule has 0 atom stereocenters. The summed E-state index contributed by atoms with van der Waals surface area (Å²) in [4.78, 5) is 11.9. The molecule has 0 unspecified atom stereocenters. The Bertz CT molecular complexity index is 644. The van der Waals surface area contributed by atoms with Crippen LogP contribution in [0.4, 0.5) is 0 Å². The SMILES string of the molecule is N#Cc1ccc(C(=O)COCc2cccc(Br)c2)cc1. The third-order valence-electron chi connectivity index (χ3n) is 2.73. The maximum absolute atomic E-state index is 11.9. The van der Waals surface area contributed by atoms with Crippen molar-refractivity contribution in [3.8, 4) is 6.07 Å². The van der Waals surface area contributed by atoms with Crippen LogP contribution < -0.4 is 0 Å². The van der Waals surface area contributed by atoms with Crippen LogP contribution in [0.3, 0.4) is 0 Å². The zero-order valence-corrected chi connectivity index (χ0v) is 12.3. The van der Waals surface area contributed by atoms with E-state index < -0.39 is 0 Å². The summed E-state index contributed by atoms with van der Waals surface area (Å²) in [6, 6.07) is 16.3. The van der Waals surface area contributed by atoms with Crippen LogP contribution in [-0.4, -0.2) is 12.4 Å². The Morgan fingerprint density at radius 2 is 1.95 bits per heavy atom. The summed E-state index contributed by atoms with van der Waals surface area (Å²) in [6.07, 6.45) is 0. The summed E-state index contributed by atoms with van der Waals surface area (Å²) in [5.74, 6) is -0.0931. The molecule has 0 radical (unpaired) electrons. The fourth-order valence-electron chi connectivity index (χ4n) is 1.70. The number of ketones is 1. The lowest BCUT2D eigenvalue weighted by Crippen LogP contribution is -2.09. The number of nitriles is 1. The third-order valence-corrected chi connectivity index (χ3v) is 3.22. The van der Waals surface area contributed by atoms with Gasteiger partial charge in [-0.25, -0.2) is 0 Å². The van der Waals surface area contributed by atoms with Crippen LogP contribution in [0.2, 0.25) is 0 Å². The van der Waals surface area contributed by atoms with E-state index in [0.717, 1.165) is 10.0 Å².